The number of hydrogen-bond donors (Lipinski definition) is 2. The molecule has 0 fully saturated rings. The molecule has 0 saturated heterocycles. The van der Waals surface area contributed by atoms with Crippen LogP contribution >= 0.6 is 0 Å². The Morgan fingerprint density at radius 2 is 1.92 bits per heavy atom. The quantitative estimate of drug-likeness (QED) is 0.269. The molecular formula is C28H30N6O2. The highest BCUT2D eigenvalue weighted by Crippen LogP contribution is 2.28. The molecule has 0 atom stereocenters. The van der Waals surface area contributed by atoms with E-state index in [2.05, 4.69) is 16.5 Å². The van der Waals surface area contributed by atoms with Crippen LogP contribution < -0.4 is 15.8 Å². The Kier molecular flexibility index (Phi) is 6.93. The number of nitrogen functional groups attached to an aromatic ring is 1. The largest absolute Gasteiger partial charge is 0.494 e. The summed E-state index contributed by atoms with van der Waals surface area (Å²) in [5.74, 6) is 0.728. The Morgan fingerprint density at radius 1 is 1.14 bits per heavy atom. The predicted octanol–water partition coefficient (Wildman–Crippen LogP) is 5.07. The van der Waals surface area contributed by atoms with Gasteiger partial charge in [-0.2, -0.15) is 9.78 Å². The molecule has 3 N–H and O–H groups in total. The maximum Gasteiger partial charge on any atom is 0.257 e. The van der Waals surface area contributed by atoms with Crippen molar-refractivity contribution >= 4 is 40.1 Å². The number of rotatable bonds is 8. The molecule has 1 aliphatic rings. The summed E-state index contributed by atoms with van der Waals surface area (Å²) in [4.78, 5) is 22.8. The topological polar surface area (TPSA) is 107 Å². The highest BCUT2D eigenvalue weighted by atomic mass is 16.5. The minimum Gasteiger partial charge on any atom is -0.494 e. The Bertz CT molecular complexity index is 1450. The van der Waals surface area contributed by atoms with Gasteiger partial charge in [0.05, 0.1) is 23.9 Å². The number of fused-ring (bicyclic) bond motifs is 2. The van der Waals surface area contributed by atoms with Gasteiger partial charge in [0.15, 0.2) is 5.65 Å². The molecule has 1 aliphatic carbocycles. The van der Waals surface area contributed by atoms with Crippen molar-refractivity contribution in [2.75, 3.05) is 18.9 Å². The first-order valence-corrected chi connectivity index (χ1v) is 12.4. The fraction of sp³-hybridized carbons (Fsp3) is 0.286. The molecule has 5 rings (SSSR count). The number of carbonyl (C=O) groups excluding carboxylic acids is 1. The van der Waals surface area contributed by atoms with E-state index in [-0.39, 0.29) is 11.7 Å². The smallest absolute Gasteiger partial charge is 0.257 e. The molecule has 0 saturated carbocycles. The molecule has 1 amide bonds. The fourth-order valence-electron chi connectivity index (χ4n) is 4.49. The van der Waals surface area contributed by atoms with Gasteiger partial charge in [0, 0.05) is 6.54 Å². The lowest BCUT2D eigenvalue weighted by atomic mass is 9.97. The SMILES string of the molecule is CCOc1ccc(C=Nn2c(N)c(C(=O)NCCC3=CCCCC3)c3nc4ccccc4nc32)cc1. The van der Waals surface area contributed by atoms with Crippen molar-refractivity contribution in [1.82, 2.24) is 20.0 Å². The van der Waals surface area contributed by atoms with E-state index in [0.717, 1.165) is 30.6 Å². The van der Waals surface area contributed by atoms with Crippen molar-refractivity contribution < 1.29 is 9.53 Å². The van der Waals surface area contributed by atoms with E-state index in [0.29, 0.717) is 40.9 Å². The van der Waals surface area contributed by atoms with Crippen LogP contribution in [0.3, 0.4) is 0 Å². The number of ether oxygens (including phenoxy) is 1. The van der Waals surface area contributed by atoms with E-state index < -0.39 is 0 Å². The Morgan fingerprint density at radius 3 is 2.64 bits per heavy atom. The average Bonchev–Trinajstić information content (AvgIpc) is 3.17. The maximum atomic E-state index is 13.3. The number of nitrogens with one attached hydrogen (secondary N) is 1. The van der Waals surface area contributed by atoms with Crippen molar-refractivity contribution in [2.45, 2.75) is 39.0 Å². The van der Waals surface area contributed by atoms with Crippen LogP contribution in [0.5, 0.6) is 5.75 Å². The first-order valence-electron chi connectivity index (χ1n) is 12.4. The van der Waals surface area contributed by atoms with Gasteiger partial charge in [-0.15, -0.1) is 0 Å². The van der Waals surface area contributed by atoms with Gasteiger partial charge in [-0.3, -0.25) is 4.79 Å². The number of benzene rings is 2. The van der Waals surface area contributed by atoms with Crippen LogP contribution in [0, 0.1) is 0 Å². The van der Waals surface area contributed by atoms with Crippen LogP contribution in [0.2, 0.25) is 0 Å². The summed E-state index contributed by atoms with van der Waals surface area (Å²) in [7, 11) is 0. The molecule has 2 aromatic carbocycles. The van der Waals surface area contributed by atoms with Crippen LogP contribution in [0.4, 0.5) is 5.82 Å². The lowest BCUT2D eigenvalue weighted by Crippen LogP contribution is -2.25. The minimum absolute atomic E-state index is 0.205. The molecule has 0 radical (unpaired) electrons. The van der Waals surface area contributed by atoms with E-state index in [1.165, 1.54) is 23.1 Å². The van der Waals surface area contributed by atoms with Crippen molar-refractivity contribution in [3.05, 3.63) is 71.3 Å². The molecular weight excluding hydrogens is 452 g/mol. The number of hydrogen-bond acceptors (Lipinski definition) is 6. The standard InChI is InChI=1S/C28H30N6O2/c1-2-36-21-14-12-20(13-15-21)18-31-34-26(29)24(28(35)30-17-16-19-8-4-3-5-9-19)25-27(34)33-23-11-7-6-10-22(23)32-25/h6-8,10-15,18H,2-5,9,16-17,29H2,1H3,(H,30,35). The number of anilines is 1. The van der Waals surface area contributed by atoms with Crippen molar-refractivity contribution in [2.24, 2.45) is 5.10 Å². The van der Waals surface area contributed by atoms with E-state index in [9.17, 15) is 4.79 Å². The zero-order valence-electron chi connectivity index (χ0n) is 20.4. The van der Waals surface area contributed by atoms with E-state index in [1.54, 1.807) is 6.21 Å². The maximum absolute atomic E-state index is 13.3. The van der Waals surface area contributed by atoms with Gasteiger partial charge in [-0.05, 0) is 81.0 Å². The third kappa shape index (κ3) is 4.93. The van der Waals surface area contributed by atoms with Crippen LogP contribution in [-0.4, -0.2) is 39.9 Å². The van der Waals surface area contributed by atoms with Gasteiger partial charge >= 0.3 is 0 Å². The average molecular weight is 483 g/mol. The molecule has 0 unspecified atom stereocenters. The normalized spacial score (nSPS) is 13.9. The summed E-state index contributed by atoms with van der Waals surface area (Å²) in [6, 6.07) is 15.1. The van der Waals surface area contributed by atoms with Gasteiger partial charge < -0.3 is 15.8 Å². The summed E-state index contributed by atoms with van der Waals surface area (Å²) in [6.07, 6.45) is 9.51. The summed E-state index contributed by atoms with van der Waals surface area (Å²) < 4.78 is 7.00. The fourth-order valence-corrected chi connectivity index (χ4v) is 4.49. The first-order chi connectivity index (χ1) is 17.6. The number of para-hydroxylation sites is 2. The predicted molar refractivity (Wildman–Crippen MR) is 144 cm³/mol. The third-order valence-corrected chi connectivity index (χ3v) is 6.33. The summed E-state index contributed by atoms with van der Waals surface area (Å²) in [5, 5.41) is 7.60. The lowest BCUT2D eigenvalue weighted by molar-refractivity contribution is 0.0956. The van der Waals surface area contributed by atoms with Crippen LogP contribution in [-0.2, 0) is 0 Å². The van der Waals surface area contributed by atoms with Crippen molar-refractivity contribution in [3.8, 4) is 5.75 Å². The molecule has 0 aliphatic heterocycles. The molecule has 36 heavy (non-hydrogen) atoms. The van der Waals surface area contributed by atoms with E-state index >= 15 is 0 Å². The second kappa shape index (κ2) is 10.6. The summed E-state index contributed by atoms with van der Waals surface area (Å²) in [6.45, 7) is 3.10. The molecule has 0 bridgehead atoms. The molecule has 0 spiro atoms. The van der Waals surface area contributed by atoms with Gasteiger partial charge in [0.2, 0.25) is 0 Å². The van der Waals surface area contributed by atoms with Crippen LogP contribution in [0.15, 0.2) is 65.3 Å². The zero-order valence-corrected chi connectivity index (χ0v) is 20.4. The number of aromatic nitrogens is 3. The minimum atomic E-state index is -0.270. The monoisotopic (exact) mass is 482 g/mol. The van der Waals surface area contributed by atoms with Crippen LogP contribution in [0.1, 0.15) is 54.9 Å². The van der Waals surface area contributed by atoms with Crippen LogP contribution in [0.25, 0.3) is 22.2 Å². The molecule has 2 heterocycles. The van der Waals surface area contributed by atoms with Gasteiger partial charge in [0.1, 0.15) is 22.6 Å². The highest BCUT2D eigenvalue weighted by molar-refractivity contribution is 6.10. The number of carbonyl (C=O) groups is 1. The number of amides is 1. The van der Waals surface area contributed by atoms with Crippen molar-refractivity contribution in [1.29, 1.82) is 0 Å². The molecule has 4 aromatic rings. The summed E-state index contributed by atoms with van der Waals surface area (Å²) in [5.41, 5.74) is 11.3. The number of allylic oxidation sites excluding steroid dienone is 1. The van der Waals surface area contributed by atoms with E-state index in [4.69, 9.17) is 20.4 Å². The Hall–Kier alpha value is -4.20. The van der Waals surface area contributed by atoms with Gasteiger partial charge in [-0.1, -0.05) is 23.8 Å². The molecule has 8 heteroatoms. The Balaban J connectivity index is 1.48. The van der Waals surface area contributed by atoms with Gasteiger partial charge in [0.25, 0.3) is 5.91 Å². The Labute approximate surface area is 209 Å². The highest BCUT2D eigenvalue weighted by Gasteiger charge is 2.24. The summed E-state index contributed by atoms with van der Waals surface area (Å²) >= 11 is 0. The van der Waals surface area contributed by atoms with Crippen molar-refractivity contribution in [3.63, 3.8) is 0 Å². The molecule has 184 valence electrons. The molecule has 2 aromatic heterocycles. The van der Waals surface area contributed by atoms with Gasteiger partial charge in [-0.25, -0.2) is 9.97 Å². The number of nitrogens with zero attached hydrogens (tertiary/aromatic N) is 4. The second-order valence-corrected chi connectivity index (χ2v) is 8.82. The first kappa shape index (κ1) is 23.5. The number of nitrogens with two attached hydrogens (primary N) is 1. The second-order valence-electron chi connectivity index (χ2n) is 8.82. The molecule has 8 nitrogen and oxygen atoms in total. The lowest BCUT2D eigenvalue weighted by Gasteiger charge is -2.12. The van der Waals surface area contributed by atoms with E-state index in [1.807, 2.05) is 55.5 Å². The zero-order chi connectivity index (χ0) is 24.9. The third-order valence-electron chi connectivity index (χ3n) is 6.33.